The predicted molar refractivity (Wildman–Crippen MR) is 111 cm³/mol. The Morgan fingerprint density at radius 1 is 1.21 bits per heavy atom. The van der Waals surface area contributed by atoms with Crippen LogP contribution in [0.3, 0.4) is 0 Å². The van der Waals surface area contributed by atoms with Crippen LogP contribution in [-0.4, -0.2) is 31.5 Å². The number of benzene rings is 1. The van der Waals surface area contributed by atoms with Gasteiger partial charge in [-0.25, -0.2) is 14.4 Å². The third-order valence-electron chi connectivity index (χ3n) is 5.73. The molecule has 1 aliphatic rings. The van der Waals surface area contributed by atoms with Crippen molar-refractivity contribution in [2.45, 2.75) is 38.8 Å². The molecule has 1 aliphatic heterocycles. The molecule has 148 valence electrons. The van der Waals surface area contributed by atoms with Crippen molar-refractivity contribution < 1.29 is 4.39 Å². The molecule has 1 N–H and O–H groups in total. The van der Waals surface area contributed by atoms with E-state index in [0.717, 1.165) is 30.6 Å². The summed E-state index contributed by atoms with van der Waals surface area (Å²) < 4.78 is 17.9. The number of aryl methyl sites for hydroxylation is 1. The second-order valence-corrected chi connectivity index (χ2v) is 7.91. The molecule has 0 aliphatic carbocycles. The number of fused-ring (bicyclic) bond motifs is 2. The Balaban J connectivity index is 1.58. The van der Waals surface area contributed by atoms with Gasteiger partial charge in [0.25, 0.3) is 5.56 Å². The number of nitrogens with zero attached hydrogens (tertiary/aromatic N) is 4. The number of halogens is 1. The standard InChI is InChI=1S/C22H22FN5O/c1-13-7-17(5-6-24-13)28-12-25-20-9-15(3-4-18(20)22(28)29)16-8-19(23)21-26-14(2)10-27(21)11-16/h3-4,8-13,17,24H,5-7H2,1-2H3/t13-,17-/m0/s1. The summed E-state index contributed by atoms with van der Waals surface area (Å²) in [5, 5.41) is 4.00. The molecule has 0 bridgehead atoms. The maximum absolute atomic E-state index is 14.5. The fourth-order valence-corrected chi connectivity index (χ4v) is 4.27. The van der Waals surface area contributed by atoms with Gasteiger partial charge in [-0.2, -0.15) is 0 Å². The molecule has 1 saturated heterocycles. The smallest absolute Gasteiger partial charge is 0.261 e. The van der Waals surface area contributed by atoms with Gasteiger partial charge in [-0.1, -0.05) is 6.07 Å². The highest BCUT2D eigenvalue weighted by molar-refractivity contribution is 5.83. The molecule has 4 aromatic rings. The number of hydrogen-bond donors (Lipinski definition) is 1. The van der Waals surface area contributed by atoms with Crippen LogP contribution in [-0.2, 0) is 0 Å². The first-order valence-corrected chi connectivity index (χ1v) is 9.89. The first-order chi connectivity index (χ1) is 14.0. The Morgan fingerprint density at radius 2 is 2.07 bits per heavy atom. The minimum absolute atomic E-state index is 0.0208. The van der Waals surface area contributed by atoms with Crippen molar-refractivity contribution in [2.75, 3.05) is 6.54 Å². The van der Waals surface area contributed by atoms with E-state index in [9.17, 15) is 9.18 Å². The summed E-state index contributed by atoms with van der Waals surface area (Å²) in [6.45, 7) is 4.87. The number of imidazole rings is 1. The van der Waals surface area contributed by atoms with Crippen molar-refractivity contribution in [1.82, 2.24) is 24.3 Å². The van der Waals surface area contributed by atoms with Crippen molar-refractivity contribution in [3.05, 3.63) is 64.9 Å². The number of nitrogens with one attached hydrogen (secondary N) is 1. The number of pyridine rings is 1. The van der Waals surface area contributed by atoms with Gasteiger partial charge in [0, 0.05) is 30.0 Å². The first-order valence-electron chi connectivity index (χ1n) is 9.89. The quantitative estimate of drug-likeness (QED) is 0.568. The predicted octanol–water partition coefficient (Wildman–Crippen LogP) is 3.47. The van der Waals surface area contributed by atoms with Crippen molar-refractivity contribution >= 4 is 16.6 Å². The van der Waals surface area contributed by atoms with Crippen molar-refractivity contribution in [2.24, 2.45) is 0 Å². The number of aromatic nitrogens is 4. The summed E-state index contributed by atoms with van der Waals surface area (Å²) in [7, 11) is 0. The summed E-state index contributed by atoms with van der Waals surface area (Å²) in [5.74, 6) is -0.376. The van der Waals surface area contributed by atoms with Crippen LogP contribution in [0.1, 0.15) is 31.5 Å². The maximum Gasteiger partial charge on any atom is 0.261 e. The summed E-state index contributed by atoms with van der Waals surface area (Å²) in [6.07, 6.45) is 7.12. The van der Waals surface area contributed by atoms with Gasteiger partial charge in [0.15, 0.2) is 11.5 Å². The Labute approximate surface area is 167 Å². The normalized spacial score (nSPS) is 19.8. The molecule has 7 heteroatoms. The summed E-state index contributed by atoms with van der Waals surface area (Å²) in [4.78, 5) is 21.8. The summed E-state index contributed by atoms with van der Waals surface area (Å²) >= 11 is 0. The monoisotopic (exact) mass is 391 g/mol. The van der Waals surface area contributed by atoms with Crippen molar-refractivity contribution in [3.8, 4) is 11.1 Å². The molecule has 6 nitrogen and oxygen atoms in total. The van der Waals surface area contributed by atoms with Gasteiger partial charge in [-0.05, 0) is 57.0 Å². The molecular formula is C22H22FN5O. The second kappa shape index (κ2) is 6.77. The maximum atomic E-state index is 14.5. The third-order valence-corrected chi connectivity index (χ3v) is 5.73. The average Bonchev–Trinajstić information content (AvgIpc) is 3.09. The molecule has 0 amide bonds. The van der Waals surface area contributed by atoms with Crippen LogP contribution < -0.4 is 10.9 Å². The van der Waals surface area contributed by atoms with E-state index in [-0.39, 0.29) is 17.4 Å². The van der Waals surface area contributed by atoms with E-state index in [1.807, 2.05) is 25.3 Å². The highest BCUT2D eigenvalue weighted by atomic mass is 19.1. The molecule has 5 rings (SSSR count). The molecule has 29 heavy (non-hydrogen) atoms. The van der Waals surface area contributed by atoms with Crippen LogP contribution >= 0.6 is 0 Å². The lowest BCUT2D eigenvalue weighted by atomic mass is 10.00. The molecule has 4 heterocycles. The van der Waals surface area contributed by atoms with E-state index >= 15 is 0 Å². The lowest BCUT2D eigenvalue weighted by Gasteiger charge is -2.29. The van der Waals surface area contributed by atoms with Gasteiger partial charge < -0.3 is 9.72 Å². The summed E-state index contributed by atoms with van der Waals surface area (Å²) in [6, 6.07) is 7.51. The summed E-state index contributed by atoms with van der Waals surface area (Å²) in [5.41, 5.74) is 3.19. The highest BCUT2D eigenvalue weighted by Crippen LogP contribution is 2.26. The Kier molecular flexibility index (Phi) is 4.20. The number of piperidine rings is 1. The van der Waals surface area contributed by atoms with E-state index in [1.165, 1.54) is 6.07 Å². The van der Waals surface area contributed by atoms with Gasteiger partial charge in [-0.15, -0.1) is 0 Å². The lowest BCUT2D eigenvalue weighted by Crippen LogP contribution is -2.39. The molecular weight excluding hydrogens is 369 g/mol. The van der Waals surface area contributed by atoms with E-state index in [2.05, 4.69) is 22.2 Å². The fourth-order valence-electron chi connectivity index (χ4n) is 4.27. The zero-order chi connectivity index (χ0) is 20.1. The van der Waals surface area contributed by atoms with Crippen molar-refractivity contribution in [1.29, 1.82) is 0 Å². The fraction of sp³-hybridized carbons (Fsp3) is 0.318. The lowest BCUT2D eigenvalue weighted by molar-refractivity contribution is 0.307. The molecule has 2 atom stereocenters. The van der Waals surface area contributed by atoms with Gasteiger partial charge >= 0.3 is 0 Å². The van der Waals surface area contributed by atoms with Crippen LogP contribution in [0.15, 0.2) is 47.8 Å². The first kappa shape index (κ1) is 18.0. The van der Waals surface area contributed by atoms with Crippen LogP contribution in [0.2, 0.25) is 0 Å². The minimum Gasteiger partial charge on any atom is -0.314 e. The Hall–Kier alpha value is -3.06. The molecule has 1 aromatic carbocycles. The molecule has 1 fully saturated rings. The molecule has 0 unspecified atom stereocenters. The van der Waals surface area contributed by atoms with Crippen LogP contribution in [0.4, 0.5) is 4.39 Å². The van der Waals surface area contributed by atoms with Gasteiger partial charge in [0.2, 0.25) is 0 Å². The average molecular weight is 391 g/mol. The topological polar surface area (TPSA) is 64.2 Å². The van der Waals surface area contributed by atoms with Gasteiger partial charge in [0.05, 0.1) is 22.9 Å². The number of hydrogen-bond acceptors (Lipinski definition) is 4. The zero-order valence-electron chi connectivity index (χ0n) is 16.4. The van der Waals surface area contributed by atoms with E-state index in [1.54, 1.807) is 27.6 Å². The van der Waals surface area contributed by atoms with E-state index in [4.69, 9.17) is 0 Å². The highest BCUT2D eigenvalue weighted by Gasteiger charge is 2.21. The molecule has 0 radical (unpaired) electrons. The number of rotatable bonds is 2. The SMILES string of the molecule is Cc1cn2cc(-c3ccc4c(=O)n([C@H]5CCN[C@@H](C)C5)cnc4c3)cc(F)c2n1. The molecule has 0 spiro atoms. The zero-order valence-corrected chi connectivity index (χ0v) is 16.4. The van der Waals surface area contributed by atoms with Crippen LogP contribution in [0, 0.1) is 12.7 Å². The Bertz CT molecular complexity index is 1290. The van der Waals surface area contributed by atoms with Crippen molar-refractivity contribution in [3.63, 3.8) is 0 Å². The third kappa shape index (κ3) is 3.11. The molecule has 0 saturated carbocycles. The van der Waals surface area contributed by atoms with Crippen LogP contribution in [0.5, 0.6) is 0 Å². The second-order valence-electron chi connectivity index (χ2n) is 7.91. The minimum atomic E-state index is -0.376. The van der Waals surface area contributed by atoms with E-state index < -0.39 is 0 Å². The van der Waals surface area contributed by atoms with Crippen LogP contribution in [0.25, 0.3) is 27.7 Å². The Morgan fingerprint density at radius 3 is 2.90 bits per heavy atom. The van der Waals surface area contributed by atoms with E-state index in [0.29, 0.717) is 28.2 Å². The molecule has 3 aromatic heterocycles. The van der Waals surface area contributed by atoms with Gasteiger partial charge in [0.1, 0.15) is 0 Å². The largest absolute Gasteiger partial charge is 0.314 e. The van der Waals surface area contributed by atoms with Gasteiger partial charge in [-0.3, -0.25) is 9.36 Å².